The highest BCUT2D eigenvalue weighted by molar-refractivity contribution is 4.91. The second-order valence-corrected chi connectivity index (χ2v) is 8.01. The van der Waals surface area contributed by atoms with E-state index >= 15 is 0 Å². The van der Waals surface area contributed by atoms with E-state index in [1.165, 1.54) is 71.0 Å². The van der Waals surface area contributed by atoms with E-state index in [2.05, 4.69) is 24.1 Å². The molecule has 19 heavy (non-hydrogen) atoms. The summed E-state index contributed by atoms with van der Waals surface area (Å²) < 4.78 is 0. The van der Waals surface area contributed by atoms with Gasteiger partial charge in [0.2, 0.25) is 0 Å². The molecular formula is C17H32N2. The van der Waals surface area contributed by atoms with Gasteiger partial charge in [0.05, 0.1) is 0 Å². The Bertz CT molecular complexity index is 294. The Hall–Kier alpha value is -0.0800. The summed E-state index contributed by atoms with van der Waals surface area (Å²) in [4.78, 5) is 2.86. The van der Waals surface area contributed by atoms with Crippen LogP contribution in [0.1, 0.15) is 65.2 Å². The van der Waals surface area contributed by atoms with Crippen LogP contribution in [-0.4, -0.2) is 36.6 Å². The van der Waals surface area contributed by atoms with Gasteiger partial charge in [0.25, 0.3) is 0 Å². The van der Waals surface area contributed by atoms with Crippen LogP contribution in [0.25, 0.3) is 0 Å². The zero-order chi connectivity index (χ0) is 13.3. The Morgan fingerprint density at radius 3 is 2.68 bits per heavy atom. The zero-order valence-corrected chi connectivity index (χ0v) is 13.0. The second-order valence-electron chi connectivity index (χ2n) is 8.01. The molecule has 2 saturated heterocycles. The van der Waals surface area contributed by atoms with Gasteiger partial charge in [0, 0.05) is 18.6 Å². The average molecular weight is 264 g/mol. The largest absolute Gasteiger partial charge is 0.314 e. The lowest BCUT2D eigenvalue weighted by atomic mass is 9.74. The average Bonchev–Trinajstić information content (AvgIpc) is 2.92. The topological polar surface area (TPSA) is 15.3 Å². The molecule has 2 heteroatoms. The summed E-state index contributed by atoms with van der Waals surface area (Å²) in [5.74, 6) is 0.932. The Kier molecular flexibility index (Phi) is 4.19. The number of nitrogens with zero attached hydrogens (tertiary/aromatic N) is 1. The third-order valence-corrected chi connectivity index (χ3v) is 5.85. The predicted octanol–water partition coefficient (Wildman–Crippen LogP) is 3.42. The van der Waals surface area contributed by atoms with Crippen LogP contribution in [0.4, 0.5) is 0 Å². The quantitative estimate of drug-likeness (QED) is 0.822. The lowest BCUT2D eigenvalue weighted by Gasteiger charge is -2.45. The molecule has 1 aliphatic carbocycles. The monoisotopic (exact) mass is 264 g/mol. The minimum absolute atomic E-state index is 0.585. The number of hydrogen-bond donors (Lipinski definition) is 1. The number of piperidine rings is 1. The number of rotatable bonds is 2. The van der Waals surface area contributed by atoms with Gasteiger partial charge in [-0.3, -0.25) is 0 Å². The van der Waals surface area contributed by atoms with Crippen molar-refractivity contribution in [2.24, 2.45) is 11.3 Å². The first kappa shape index (κ1) is 13.9. The first-order valence-corrected chi connectivity index (χ1v) is 8.61. The highest BCUT2D eigenvalue weighted by Crippen LogP contribution is 2.38. The van der Waals surface area contributed by atoms with Crippen LogP contribution < -0.4 is 5.32 Å². The van der Waals surface area contributed by atoms with Gasteiger partial charge in [-0.05, 0) is 69.4 Å². The molecule has 1 N–H and O–H groups in total. The number of nitrogens with one attached hydrogen (secondary N) is 1. The highest BCUT2D eigenvalue weighted by atomic mass is 15.2. The summed E-state index contributed by atoms with van der Waals surface area (Å²) in [6.45, 7) is 8.94. The molecule has 3 atom stereocenters. The molecule has 0 radical (unpaired) electrons. The predicted molar refractivity (Wildman–Crippen MR) is 81.4 cm³/mol. The van der Waals surface area contributed by atoms with Crippen molar-refractivity contribution in [3.63, 3.8) is 0 Å². The Morgan fingerprint density at radius 2 is 1.95 bits per heavy atom. The van der Waals surface area contributed by atoms with Crippen LogP contribution in [0.5, 0.6) is 0 Å². The van der Waals surface area contributed by atoms with Crippen molar-refractivity contribution in [1.29, 1.82) is 0 Å². The summed E-state index contributed by atoms with van der Waals surface area (Å²) in [5.41, 5.74) is 0.585. The lowest BCUT2D eigenvalue weighted by molar-refractivity contribution is 0.0522. The fourth-order valence-corrected chi connectivity index (χ4v) is 4.78. The molecule has 110 valence electrons. The normalized spacial score (nSPS) is 40.4. The van der Waals surface area contributed by atoms with Gasteiger partial charge in [-0.25, -0.2) is 0 Å². The van der Waals surface area contributed by atoms with Crippen molar-refractivity contribution in [1.82, 2.24) is 10.2 Å². The second kappa shape index (κ2) is 5.73. The zero-order valence-electron chi connectivity index (χ0n) is 13.0. The van der Waals surface area contributed by atoms with Crippen molar-refractivity contribution in [2.75, 3.05) is 19.6 Å². The molecule has 0 aromatic heterocycles. The van der Waals surface area contributed by atoms with E-state index in [0.717, 1.165) is 18.0 Å². The molecule has 3 fully saturated rings. The van der Waals surface area contributed by atoms with Crippen LogP contribution in [-0.2, 0) is 0 Å². The Balaban J connectivity index is 1.58. The van der Waals surface area contributed by atoms with E-state index in [-0.39, 0.29) is 0 Å². The molecule has 1 saturated carbocycles. The molecule has 2 heterocycles. The first-order chi connectivity index (χ1) is 9.14. The van der Waals surface area contributed by atoms with Crippen LogP contribution >= 0.6 is 0 Å². The molecule has 0 bridgehead atoms. The van der Waals surface area contributed by atoms with E-state index < -0.39 is 0 Å². The standard InChI is InChI=1S/C17H32N2/c1-17(2)9-3-7-15(12-17)19-11-5-6-14(13-19)16-8-4-10-18-16/h14-16,18H,3-13H2,1-2H3. The minimum Gasteiger partial charge on any atom is -0.314 e. The fourth-order valence-electron chi connectivity index (χ4n) is 4.78. The molecule has 0 aromatic carbocycles. The van der Waals surface area contributed by atoms with Gasteiger partial charge in [0.1, 0.15) is 0 Å². The molecule has 0 aromatic rings. The van der Waals surface area contributed by atoms with E-state index in [9.17, 15) is 0 Å². The fraction of sp³-hybridized carbons (Fsp3) is 1.00. The number of hydrogen-bond acceptors (Lipinski definition) is 2. The first-order valence-electron chi connectivity index (χ1n) is 8.61. The summed E-state index contributed by atoms with van der Waals surface area (Å²) in [6.07, 6.45) is 11.5. The van der Waals surface area contributed by atoms with E-state index in [1.807, 2.05) is 0 Å². The third kappa shape index (κ3) is 3.33. The molecule has 0 spiro atoms. The van der Waals surface area contributed by atoms with Crippen LogP contribution in [0.15, 0.2) is 0 Å². The van der Waals surface area contributed by atoms with Crippen molar-refractivity contribution < 1.29 is 0 Å². The lowest BCUT2D eigenvalue weighted by Crippen LogP contribution is -2.49. The molecule has 3 aliphatic rings. The highest BCUT2D eigenvalue weighted by Gasteiger charge is 2.35. The van der Waals surface area contributed by atoms with E-state index in [0.29, 0.717) is 5.41 Å². The van der Waals surface area contributed by atoms with Gasteiger partial charge in [-0.2, -0.15) is 0 Å². The Labute approximate surface area is 119 Å². The maximum Gasteiger partial charge on any atom is 0.0108 e. The van der Waals surface area contributed by atoms with E-state index in [1.54, 1.807) is 0 Å². The molecule has 3 rings (SSSR count). The third-order valence-electron chi connectivity index (χ3n) is 5.85. The van der Waals surface area contributed by atoms with Gasteiger partial charge >= 0.3 is 0 Å². The van der Waals surface area contributed by atoms with Gasteiger partial charge < -0.3 is 10.2 Å². The summed E-state index contributed by atoms with van der Waals surface area (Å²) in [6, 6.07) is 1.72. The summed E-state index contributed by atoms with van der Waals surface area (Å²) in [5, 5.41) is 3.74. The van der Waals surface area contributed by atoms with E-state index in [4.69, 9.17) is 0 Å². The van der Waals surface area contributed by atoms with Crippen molar-refractivity contribution in [3.05, 3.63) is 0 Å². The summed E-state index contributed by atoms with van der Waals surface area (Å²) >= 11 is 0. The van der Waals surface area contributed by atoms with Crippen molar-refractivity contribution in [2.45, 2.75) is 77.3 Å². The molecule has 0 amide bonds. The summed E-state index contributed by atoms with van der Waals surface area (Å²) in [7, 11) is 0. The number of likely N-dealkylation sites (tertiary alicyclic amines) is 1. The Morgan fingerprint density at radius 1 is 1.05 bits per heavy atom. The van der Waals surface area contributed by atoms with Crippen LogP contribution in [0.3, 0.4) is 0 Å². The van der Waals surface area contributed by atoms with Gasteiger partial charge in [-0.1, -0.05) is 20.3 Å². The van der Waals surface area contributed by atoms with Gasteiger partial charge in [-0.15, -0.1) is 0 Å². The maximum absolute atomic E-state index is 3.74. The van der Waals surface area contributed by atoms with Crippen LogP contribution in [0, 0.1) is 11.3 Å². The maximum atomic E-state index is 3.74. The van der Waals surface area contributed by atoms with Crippen molar-refractivity contribution >= 4 is 0 Å². The molecule has 3 unspecified atom stereocenters. The molecular weight excluding hydrogens is 232 g/mol. The molecule has 2 nitrogen and oxygen atoms in total. The van der Waals surface area contributed by atoms with Crippen LogP contribution in [0.2, 0.25) is 0 Å². The smallest absolute Gasteiger partial charge is 0.0108 e. The minimum atomic E-state index is 0.585. The van der Waals surface area contributed by atoms with Gasteiger partial charge in [0.15, 0.2) is 0 Å². The van der Waals surface area contributed by atoms with Crippen molar-refractivity contribution in [3.8, 4) is 0 Å². The molecule has 2 aliphatic heterocycles. The SMILES string of the molecule is CC1(C)CCCC(N2CCCC(C3CCCN3)C2)C1.